The number of hydrogen-bond donors (Lipinski definition) is 2. The van der Waals surface area contributed by atoms with Crippen molar-refractivity contribution in [1.29, 1.82) is 0 Å². The third kappa shape index (κ3) is 9.54. The second kappa shape index (κ2) is 13.8. The lowest BCUT2D eigenvalue weighted by Gasteiger charge is -2.41. The SMILES string of the molecule is CNC(=O)c1nc(NC(=O)OC(C)(C)C)c(O[C@@H](CN2CCN(C(=O)OC(C)(C)C)[C@H](C)C2)c2ccc(C)c(F)c2)cc1C. The van der Waals surface area contributed by atoms with Gasteiger partial charge in [-0.05, 0) is 91.1 Å². The van der Waals surface area contributed by atoms with Crippen LogP contribution in [0, 0.1) is 19.7 Å². The second-order valence-electron chi connectivity index (χ2n) is 13.1. The largest absolute Gasteiger partial charge is 0.480 e. The molecule has 242 valence electrons. The summed E-state index contributed by atoms with van der Waals surface area (Å²) in [5.41, 5.74) is 0.309. The van der Waals surface area contributed by atoms with Crippen molar-refractivity contribution < 1.29 is 33.0 Å². The molecule has 2 N–H and O–H groups in total. The molecule has 2 aromatic rings. The summed E-state index contributed by atoms with van der Waals surface area (Å²) >= 11 is 0. The van der Waals surface area contributed by atoms with Crippen LogP contribution in [0.3, 0.4) is 0 Å². The number of carbonyl (C=O) groups is 3. The Kier molecular flexibility index (Phi) is 10.8. The first-order chi connectivity index (χ1) is 20.4. The van der Waals surface area contributed by atoms with Crippen molar-refractivity contribution >= 4 is 23.9 Å². The first-order valence-corrected chi connectivity index (χ1v) is 14.7. The summed E-state index contributed by atoms with van der Waals surface area (Å²) in [4.78, 5) is 46.3. The maximum Gasteiger partial charge on any atom is 0.413 e. The molecule has 44 heavy (non-hydrogen) atoms. The molecule has 3 rings (SSSR count). The average Bonchev–Trinajstić information content (AvgIpc) is 2.88. The molecule has 2 heterocycles. The summed E-state index contributed by atoms with van der Waals surface area (Å²) < 4.78 is 32.3. The quantitative estimate of drug-likeness (QED) is 0.413. The minimum Gasteiger partial charge on any atom is -0.480 e. The van der Waals surface area contributed by atoms with Gasteiger partial charge in [-0.3, -0.25) is 15.0 Å². The summed E-state index contributed by atoms with van der Waals surface area (Å²) in [6, 6.07) is 6.38. The van der Waals surface area contributed by atoms with Crippen LogP contribution in [-0.4, -0.2) is 83.3 Å². The van der Waals surface area contributed by atoms with E-state index in [1.807, 2.05) is 27.7 Å². The van der Waals surface area contributed by atoms with Crippen LogP contribution in [-0.2, 0) is 9.47 Å². The van der Waals surface area contributed by atoms with Crippen LogP contribution in [0.25, 0.3) is 0 Å². The first kappa shape index (κ1) is 34.6. The number of aromatic nitrogens is 1. The lowest BCUT2D eigenvalue weighted by atomic mass is 10.0. The van der Waals surface area contributed by atoms with Crippen molar-refractivity contribution in [2.24, 2.45) is 0 Å². The molecule has 1 aliphatic heterocycles. The van der Waals surface area contributed by atoms with Gasteiger partial charge in [-0.15, -0.1) is 0 Å². The number of amides is 3. The van der Waals surface area contributed by atoms with Crippen LogP contribution in [0.5, 0.6) is 5.75 Å². The molecule has 0 bridgehead atoms. The van der Waals surface area contributed by atoms with Crippen LogP contribution >= 0.6 is 0 Å². The Labute approximate surface area is 259 Å². The zero-order valence-corrected chi connectivity index (χ0v) is 27.5. The van der Waals surface area contributed by atoms with E-state index in [4.69, 9.17) is 14.2 Å². The fourth-order valence-electron chi connectivity index (χ4n) is 4.71. The third-order valence-electron chi connectivity index (χ3n) is 6.84. The molecular weight excluding hydrogens is 569 g/mol. The Bertz CT molecular complexity index is 1370. The highest BCUT2D eigenvalue weighted by atomic mass is 19.1. The standard InChI is InChI=1S/C32H46FN5O6/c1-19-11-12-22(16-23(19)33)25(18-37-13-14-38(21(3)17-37)30(41)44-32(7,8)9)42-24-15-20(2)26(28(39)34-10)35-27(24)36-29(40)43-31(4,5)6/h11-12,15-16,21,25H,13-14,17-18H2,1-10H3,(H,34,39)(H,35,36,40)/t21-,25+/m1/s1. The third-order valence-corrected chi connectivity index (χ3v) is 6.84. The molecule has 1 aromatic carbocycles. The van der Waals surface area contributed by atoms with Crippen molar-refractivity contribution in [2.75, 3.05) is 38.5 Å². The van der Waals surface area contributed by atoms with Crippen LogP contribution in [0.4, 0.5) is 19.8 Å². The van der Waals surface area contributed by atoms with Gasteiger partial charge in [0.1, 0.15) is 28.8 Å². The van der Waals surface area contributed by atoms with Gasteiger partial charge in [0.05, 0.1) is 0 Å². The van der Waals surface area contributed by atoms with Crippen LogP contribution < -0.4 is 15.4 Å². The van der Waals surface area contributed by atoms with E-state index in [0.717, 1.165) is 0 Å². The van der Waals surface area contributed by atoms with Crippen LogP contribution in [0.2, 0.25) is 0 Å². The monoisotopic (exact) mass is 615 g/mol. The fourth-order valence-corrected chi connectivity index (χ4v) is 4.71. The molecule has 1 aromatic heterocycles. The molecule has 1 aliphatic rings. The molecule has 0 saturated carbocycles. The Morgan fingerprint density at radius 3 is 2.25 bits per heavy atom. The minimum absolute atomic E-state index is 0.0100. The number of ether oxygens (including phenoxy) is 3. The van der Waals surface area contributed by atoms with Crippen molar-refractivity contribution in [3.8, 4) is 5.75 Å². The molecule has 3 amide bonds. The van der Waals surface area contributed by atoms with E-state index in [2.05, 4.69) is 20.5 Å². The molecule has 1 fully saturated rings. The number of pyridine rings is 1. The van der Waals surface area contributed by atoms with Crippen LogP contribution in [0.1, 0.15) is 81.7 Å². The summed E-state index contributed by atoms with van der Waals surface area (Å²) in [6.07, 6.45) is -1.84. The maximum absolute atomic E-state index is 14.8. The number of benzene rings is 1. The predicted octanol–water partition coefficient (Wildman–Crippen LogP) is 5.61. The van der Waals surface area contributed by atoms with Gasteiger partial charge in [-0.2, -0.15) is 0 Å². The topological polar surface area (TPSA) is 122 Å². The Balaban J connectivity index is 1.95. The van der Waals surface area contributed by atoms with Gasteiger partial charge >= 0.3 is 12.2 Å². The molecule has 0 aliphatic carbocycles. The molecule has 11 nitrogen and oxygen atoms in total. The first-order valence-electron chi connectivity index (χ1n) is 14.7. The summed E-state index contributed by atoms with van der Waals surface area (Å²) in [5, 5.41) is 5.16. The molecule has 2 atom stereocenters. The van der Waals surface area contributed by atoms with E-state index < -0.39 is 29.3 Å². The normalized spacial score (nSPS) is 16.6. The number of rotatable bonds is 7. The zero-order valence-electron chi connectivity index (χ0n) is 27.5. The van der Waals surface area contributed by atoms with E-state index >= 15 is 0 Å². The number of nitrogens with zero attached hydrogens (tertiary/aromatic N) is 3. The lowest BCUT2D eigenvalue weighted by Crippen LogP contribution is -2.55. The molecule has 0 unspecified atom stereocenters. The van der Waals surface area contributed by atoms with Gasteiger partial charge in [0.25, 0.3) is 5.91 Å². The number of hydrogen-bond acceptors (Lipinski definition) is 8. The van der Waals surface area contributed by atoms with E-state index in [9.17, 15) is 18.8 Å². The molecule has 12 heteroatoms. The zero-order chi connectivity index (χ0) is 33.0. The highest BCUT2D eigenvalue weighted by Crippen LogP contribution is 2.32. The van der Waals surface area contributed by atoms with E-state index in [0.29, 0.717) is 42.9 Å². The summed E-state index contributed by atoms with van der Waals surface area (Å²) in [7, 11) is 1.49. The Morgan fingerprint density at radius 2 is 1.68 bits per heavy atom. The van der Waals surface area contributed by atoms with Gasteiger partial charge < -0.3 is 24.4 Å². The molecule has 0 spiro atoms. The van der Waals surface area contributed by atoms with Crippen molar-refractivity contribution in [3.05, 3.63) is 52.5 Å². The highest BCUT2D eigenvalue weighted by Gasteiger charge is 2.33. The summed E-state index contributed by atoms with van der Waals surface area (Å²) in [6.45, 7) is 17.9. The predicted molar refractivity (Wildman–Crippen MR) is 166 cm³/mol. The number of nitrogens with one attached hydrogen (secondary N) is 2. The summed E-state index contributed by atoms with van der Waals surface area (Å²) in [5.74, 6) is -0.637. The molecule has 1 saturated heterocycles. The van der Waals surface area contributed by atoms with Gasteiger partial charge in [0.15, 0.2) is 11.6 Å². The van der Waals surface area contributed by atoms with Crippen LogP contribution in [0.15, 0.2) is 24.3 Å². The number of anilines is 1. The minimum atomic E-state index is -0.778. The van der Waals surface area contributed by atoms with Gasteiger partial charge in [-0.1, -0.05) is 12.1 Å². The second-order valence-corrected chi connectivity index (χ2v) is 13.1. The van der Waals surface area contributed by atoms with Crippen molar-refractivity contribution in [2.45, 2.75) is 85.7 Å². The number of carbonyl (C=O) groups excluding carboxylic acids is 3. The molecular formula is C32H46FN5O6. The molecule has 0 radical (unpaired) electrons. The number of piperazine rings is 1. The van der Waals surface area contributed by atoms with E-state index in [1.54, 1.807) is 57.7 Å². The maximum atomic E-state index is 14.8. The van der Waals surface area contributed by atoms with Gasteiger partial charge in [0, 0.05) is 39.3 Å². The smallest absolute Gasteiger partial charge is 0.413 e. The highest BCUT2D eigenvalue weighted by molar-refractivity contribution is 5.95. The van der Waals surface area contributed by atoms with Crippen molar-refractivity contribution in [1.82, 2.24) is 20.1 Å². The van der Waals surface area contributed by atoms with Crippen molar-refractivity contribution in [3.63, 3.8) is 0 Å². The average molecular weight is 616 g/mol. The van der Waals surface area contributed by atoms with Gasteiger partial charge in [-0.25, -0.2) is 19.0 Å². The number of halogens is 1. The Hall–Kier alpha value is -3.93. The van der Waals surface area contributed by atoms with Gasteiger partial charge in [0.2, 0.25) is 0 Å². The van der Waals surface area contributed by atoms with E-state index in [-0.39, 0.29) is 35.2 Å². The number of aryl methyl sites for hydroxylation is 2. The lowest BCUT2D eigenvalue weighted by molar-refractivity contribution is -0.00303. The fraction of sp³-hybridized carbons (Fsp3) is 0.562. The van der Waals surface area contributed by atoms with E-state index in [1.165, 1.54) is 13.1 Å². The Morgan fingerprint density at radius 1 is 1.02 bits per heavy atom.